The Morgan fingerprint density at radius 2 is 1.72 bits per heavy atom. The molecule has 1 N–H and O–H groups in total. The minimum atomic E-state index is -0.440. The number of rotatable bonds is 4. The molecule has 0 spiro atoms. The summed E-state index contributed by atoms with van der Waals surface area (Å²) in [5.41, 5.74) is 3.06. The molecular formula is C24H19NO4. The first-order chi connectivity index (χ1) is 14.1. The highest BCUT2D eigenvalue weighted by molar-refractivity contribution is 6.06. The van der Waals surface area contributed by atoms with Crippen molar-refractivity contribution >= 4 is 22.6 Å². The molecule has 3 aromatic carbocycles. The lowest BCUT2D eigenvalue weighted by molar-refractivity contribution is 0.102. The van der Waals surface area contributed by atoms with E-state index >= 15 is 0 Å². The van der Waals surface area contributed by atoms with Gasteiger partial charge in [0, 0.05) is 10.9 Å². The van der Waals surface area contributed by atoms with Crippen LogP contribution in [0.25, 0.3) is 22.1 Å². The molecule has 4 rings (SSSR count). The lowest BCUT2D eigenvalue weighted by atomic mass is 10.0. The van der Waals surface area contributed by atoms with Gasteiger partial charge in [-0.2, -0.15) is 0 Å². The Labute approximate surface area is 167 Å². The van der Waals surface area contributed by atoms with Crippen molar-refractivity contribution in [1.82, 2.24) is 0 Å². The average Bonchev–Trinajstić information content (AvgIpc) is 2.73. The smallest absolute Gasteiger partial charge is 0.344 e. The first-order valence-electron chi connectivity index (χ1n) is 9.15. The van der Waals surface area contributed by atoms with Gasteiger partial charge in [-0.1, -0.05) is 42.5 Å². The number of para-hydroxylation sites is 1. The van der Waals surface area contributed by atoms with E-state index in [1.165, 1.54) is 7.11 Å². The zero-order valence-corrected chi connectivity index (χ0v) is 16.1. The summed E-state index contributed by atoms with van der Waals surface area (Å²) >= 11 is 0. The molecule has 0 saturated carbocycles. The molecule has 1 amide bonds. The third kappa shape index (κ3) is 3.62. The number of carbonyl (C=O) groups excluding carboxylic acids is 1. The van der Waals surface area contributed by atoms with Crippen molar-refractivity contribution in [1.29, 1.82) is 0 Å². The van der Waals surface area contributed by atoms with E-state index in [0.29, 0.717) is 33.7 Å². The Balaban J connectivity index is 1.76. The maximum atomic E-state index is 12.7. The maximum Gasteiger partial charge on any atom is 0.344 e. The summed E-state index contributed by atoms with van der Waals surface area (Å²) in [6.07, 6.45) is 0. The number of hydrogen-bond donors (Lipinski definition) is 1. The SMILES string of the molecule is COc1ccc(-c2cc3ccccc3oc2=O)cc1NC(=O)c1ccccc1C. The van der Waals surface area contributed by atoms with Crippen molar-refractivity contribution < 1.29 is 13.9 Å². The van der Waals surface area contributed by atoms with Gasteiger partial charge in [-0.05, 0) is 48.4 Å². The monoisotopic (exact) mass is 385 g/mol. The molecule has 0 aliphatic rings. The van der Waals surface area contributed by atoms with E-state index in [1.807, 2.05) is 43.3 Å². The van der Waals surface area contributed by atoms with Gasteiger partial charge in [-0.3, -0.25) is 4.79 Å². The van der Waals surface area contributed by atoms with Crippen LogP contribution < -0.4 is 15.7 Å². The number of ether oxygens (including phenoxy) is 1. The zero-order chi connectivity index (χ0) is 20.4. The molecule has 144 valence electrons. The van der Waals surface area contributed by atoms with Crippen molar-refractivity contribution in [3.8, 4) is 16.9 Å². The molecule has 1 heterocycles. The van der Waals surface area contributed by atoms with Crippen LogP contribution in [0.3, 0.4) is 0 Å². The molecule has 0 aliphatic heterocycles. The quantitative estimate of drug-likeness (QED) is 0.500. The Morgan fingerprint density at radius 1 is 0.966 bits per heavy atom. The van der Waals surface area contributed by atoms with Gasteiger partial charge in [0.2, 0.25) is 0 Å². The van der Waals surface area contributed by atoms with Crippen molar-refractivity contribution in [3.05, 3.63) is 94.3 Å². The zero-order valence-electron chi connectivity index (χ0n) is 16.1. The Hall–Kier alpha value is -3.86. The molecule has 0 unspecified atom stereocenters. The Morgan fingerprint density at radius 3 is 2.52 bits per heavy atom. The van der Waals surface area contributed by atoms with E-state index in [1.54, 1.807) is 36.4 Å². The fourth-order valence-electron chi connectivity index (χ4n) is 3.25. The van der Waals surface area contributed by atoms with Crippen molar-refractivity contribution in [2.45, 2.75) is 6.92 Å². The van der Waals surface area contributed by atoms with Gasteiger partial charge >= 0.3 is 5.63 Å². The van der Waals surface area contributed by atoms with Gasteiger partial charge in [0.15, 0.2) is 0 Å². The molecule has 0 bridgehead atoms. The molecule has 5 heteroatoms. The number of anilines is 1. The van der Waals surface area contributed by atoms with E-state index in [9.17, 15) is 9.59 Å². The van der Waals surface area contributed by atoms with Gasteiger partial charge in [0.1, 0.15) is 11.3 Å². The molecular weight excluding hydrogens is 366 g/mol. The summed E-state index contributed by atoms with van der Waals surface area (Å²) in [4.78, 5) is 25.2. The second-order valence-corrected chi connectivity index (χ2v) is 6.67. The van der Waals surface area contributed by atoms with Crippen LogP contribution in [0.1, 0.15) is 15.9 Å². The predicted molar refractivity (Wildman–Crippen MR) is 114 cm³/mol. The fraction of sp³-hybridized carbons (Fsp3) is 0.0833. The van der Waals surface area contributed by atoms with Crippen molar-refractivity contribution in [2.24, 2.45) is 0 Å². The second-order valence-electron chi connectivity index (χ2n) is 6.67. The minimum absolute atomic E-state index is 0.246. The summed E-state index contributed by atoms with van der Waals surface area (Å²) < 4.78 is 10.8. The molecule has 0 fully saturated rings. The maximum absolute atomic E-state index is 12.7. The fourth-order valence-corrected chi connectivity index (χ4v) is 3.25. The van der Waals surface area contributed by atoms with Gasteiger partial charge in [0.05, 0.1) is 18.4 Å². The number of hydrogen-bond acceptors (Lipinski definition) is 4. The minimum Gasteiger partial charge on any atom is -0.495 e. The molecule has 0 atom stereocenters. The van der Waals surface area contributed by atoms with Gasteiger partial charge < -0.3 is 14.5 Å². The van der Waals surface area contributed by atoms with Crippen LogP contribution in [0.2, 0.25) is 0 Å². The number of amides is 1. The summed E-state index contributed by atoms with van der Waals surface area (Å²) in [7, 11) is 1.53. The number of aryl methyl sites for hydroxylation is 1. The summed E-state index contributed by atoms with van der Waals surface area (Å²) in [6.45, 7) is 1.88. The van der Waals surface area contributed by atoms with E-state index in [2.05, 4.69) is 5.32 Å². The van der Waals surface area contributed by atoms with Crippen molar-refractivity contribution in [3.63, 3.8) is 0 Å². The molecule has 0 aliphatic carbocycles. The van der Waals surface area contributed by atoms with E-state index in [-0.39, 0.29) is 5.91 Å². The lowest BCUT2D eigenvalue weighted by Crippen LogP contribution is -2.14. The van der Waals surface area contributed by atoms with Crippen molar-refractivity contribution in [2.75, 3.05) is 12.4 Å². The second kappa shape index (κ2) is 7.64. The first kappa shape index (κ1) is 18.5. The topological polar surface area (TPSA) is 68.5 Å². The molecule has 4 aromatic rings. The highest BCUT2D eigenvalue weighted by Gasteiger charge is 2.15. The first-order valence-corrected chi connectivity index (χ1v) is 9.15. The molecule has 1 aromatic heterocycles. The van der Waals surface area contributed by atoms with Crippen LogP contribution in [0.5, 0.6) is 5.75 Å². The average molecular weight is 385 g/mol. The van der Waals surface area contributed by atoms with Crippen LogP contribution in [0, 0.1) is 6.92 Å². The number of fused-ring (bicyclic) bond motifs is 1. The number of benzene rings is 3. The highest BCUT2D eigenvalue weighted by atomic mass is 16.5. The van der Waals surface area contributed by atoms with Crippen LogP contribution >= 0.6 is 0 Å². The Kier molecular flexibility index (Phi) is 4.87. The van der Waals surface area contributed by atoms with Crippen LogP contribution in [-0.4, -0.2) is 13.0 Å². The van der Waals surface area contributed by atoms with Gasteiger partial charge in [-0.15, -0.1) is 0 Å². The number of nitrogens with one attached hydrogen (secondary N) is 1. The summed E-state index contributed by atoms with van der Waals surface area (Å²) in [5, 5.41) is 3.71. The standard InChI is InChI=1S/C24H19NO4/c1-15-7-3-5-9-18(15)23(26)25-20-14-16(11-12-22(20)28-2)19-13-17-8-4-6-10-21(17)29-24(19)27/h3-14H,1-2H3,(H,25,26). The molecule has 0 saturated heterocycles. The molecule has 29 heavy (non-hydrogen) atoms. The van der Waals surface area contributed by atoms with E-state index in [4.69, 9.17) is 9.15 Å². The predicted octanol–water partition coefficient (Wildman–Crippen LogP) is 5.03. The number of methoxy groups -OCH3 is 1. The van der Waals surface area contributed by atoms with E-state index in [0.717, 1.165) is 10.9 Å². The van der Waals surface area contributed by atoms with Gasteiger partial charge in [-0.25, -0.2) is 4.79 Å². The molecule has 0 radical (unpaired) electrons. The third-order valence-corrected chi connectivity index (χ3v) is 4.79. The van der Waals surface area contributed by atoms with E-state index < -0.39 is 5.63 Å². The van der Waals surface area contributed by atoms with Gasteiger partial charge in [0.25, 0.3) is 5.91 Å². The lowest BCUT2D eigenvalue weighted by Gasteiger charge is -2.13. The van der Waals surface area contributed by atoms with Crippen LogP contribution in [-0.2, 0) is 0 Å². The summed E-state index contributed by atoms with van der Waals surface area (Å²) in [6, 6.07) is 21.7. The largest absolute Gasteiger partial charge is 0.495 e. The third-order valence-electron chi connectivity index (χ3n) is 4.79. The van der Waals surface area contributed by atoms with Crippen LogP contribution in [0.4, 0.5) is 5.69 Å². The normalized spacial score (nSPS) is 10.7. The molecule has 5 nitrogen and oxygen atoms in total. The highest BCUT2D eigenvalue weighted by Crippen LogP contribution is 2.31. The Bertz CT molecular complexity index is 1270. The summed E-state index contributed by atoms with van der Waals surface area (Å²) in [5.74, 6) is 0.255. The number of carbonyl (C=O) groups is 1. The van der Waals surface area contributed by atoms with Crippen LogP contribution in [0.15, 0.2) is 82.0 Å².